The van der Waals surface area contributed by atoms with Crippen molar-refractivity contribution in [1.29, 1.82) is 0 Å². The molecule has 5 heteroatoms. The van der Waals surface area contributed by atoms with Gasteiger partial charge in [-0.2, -0.15) is 0 Å². The average molecular weight is 769 g/mol. The lowest BCUT2D eigenvalue weighted by molar-refractivity contribution is 1.09. The number of aromatic nitrogens is 4. The predicted molar refractivity (Wildman–Crippen MR) is 246 cm³/mol. The number of pyridine rings is 3. The van der Waals surface area contributed by atoms with Gasteiger partial charge in [-0.05, 0) is 108 Å². The Kier molecular flexibility index (Phi) is 8.49. The smallest absolute Gasteiger partial charge is 0.0708 e. The molecule has 0 amide bonds. The summed E-state index contributed by atoms with van der Waals surface area (Å²) in [5.41, 5.74) is 27.7. The molecule has 0 spiro atoms. The molecule has 0 saturated heterocycles. The van der Waals surface area contributed by atoms with Crippen molar-refractivity contribution in [3.05, 3.63) is 220 Å². The highest BCUT2D eigenvalue weighted by Gasteiger charge is 2.24. The Morgan fingerprint density at radius 3 is 1.73 bits per heavy atom. The third-order valence-electron chi connectivity index (χ3n) is 10.9. The molecule has 4 nitrogen and oxygen atoms in total. The van der Waals surface area contributed by atoms with Crippen LogP contribution in [0.15, 0.2) is 175 Å². The summed E-state index contributed by atoms with van der Waals surface area (Å²) in [6.07, 6.45) is 27.0. The number of thiophene rings is 1. The van der Waals surface area contributed by atoms with Gasteiger partial charge < -0.3 is 4.57 Å². The van der Waals surface area contributed by atoms with Gasteiger partial charge in [0.15, 0.2) is 0 Å². The standard InChI is InChI=1S/C54H32N4S/c1-3-15-43(49-17-5-7-31-56-49)41(13-1)36-20-25-45-46-26-21-37(42-14-2-4-16-44(42)50-18-6-8-32-57-50)23-28-52(46)58(51(45)27-22-36)40-12-9-19-53-48(34-40)47-33-38(24-29-54(47)59-53)39-11-10-30-55-35-39/h1-8,10-19,22-35H. The van der Waals surface area contributed by atoms with Crippen LogP contribution in [-0.2, 0) is 0 Å². The van der Waals surface area contributed by atoms with E-state index >= 15 is 0 Å². The Morgan fingerprint density at radius 1 is 0.508 bits per heavy atom. The minimum absolute atomic E-state index is 0.925. The second-order valence-corrected chi connectivity index (χ2v) is 15.5. The first-order valence-electron chi connectivity index (χ1n) is 19.5. The van der Waals surface area contributed by atoms with E-state index in [1.807, 2.05) is 55.1 Å². The minimum atomic E-state index is 0.925. The van der Waals surface area contributed by atoms with Crippen molar-refractivity contribution in [2.24, 2.45) is 0 Å². The molecular formula is C54H32N4S. The van der Waals surface area contributed by atoms with Crippen LogP contribution in [0.1, 0.15) is 44.1 Å². The van der Waals surface area contributed by atoms with Crippen LogP contribution in [0.4, 0.5) is 0 Å². The molecule has 0 aliphatic heterocycles. The van der Waals surface area contributed by atoms with Crippen LogP contribution in [0.25, 0.3) is 97.0 Å². The molecule has 0 N–H and O–H groups in total. The van der Waals surface area contributed by atoms with Crippen LogP contribution in [0, 0.1) is 0 Å². The largest absolute Gasteiger partial charge is 0.309 e. The average Bonchev–Trinajstić information content (AvgIpc) is 3.47. The maximum atomic E-state index is 4.69. The summed E-state index contributed by atoms with van der Waals surface area (Å²) < 4.78 is 3.59. The van der Waals surface area contributed by atoms with E-state index in [-0.39, 0.29) is 0 Å². The number of benzene rings is 3. The lowest BCUT2D eigenvalue weighted by Crippen LogP contribution is -2.00. The fourth-order valence-corrected chi connectivity index (χ4v) is 9.22. The zero-order chi connectivity index (χ0) is 39.1. The molecule has 59 heavy (non-hydrogen) atoms. The van der Waals surface area contributed by atoms with E-state index in [0.29, 0.717) is 0 Å². The number of fused-ring (bicyclic) bond motifs is 6. The molecule has 0 fully saturated rings. The normalized spacial score (nSPS) is 13.5. The van der Waals surface area contributed by atoms with Gasteiger partial charge in [0, 0.05) is 90.4 Å². The quantitative estimate of drug-likeness (QED) is 0.158. The van der Waals surface area contributed by atoms with Gasteiger partial charge in [-0.3, -0.25) is 15.0 Å². The third kappa shape index (κ3) is 6.18. The third-order valence-corrected chi connectivity index (χ3v) is 12.1. The lowest BCUT2D eigenvalue weighted by Gasteiger charge is -2.12. The summed E-state index contributed by atoms with van der Waals surface area (Å²) in [6.45, 7) is 0. The highest BCUT2D eigenvalue weighted by molar-refractivity contribution is 7.20. The lowest BCUT2D eigenvalue weighted by atomic mass is 9.97. The summed E-state index contributed by atoms with van der Waals surface area (Å²) >= 11 is 1.79. The van der Waals surface area contributed by atoms with Gasteiger partial charge in [-0.15, -0.1) is 28.5 Å². The Morgan fingerprint density at radius 2 is 1.14 bits per heavy atom. The van der Waals surface area contributed by atoms with E-state index in [4.69, 9.17) is 9.97 Å². The predicted octanol–water partition coefficient (Wildman–Crippen LogP) is 13.5. The van der Waals surface area contributed by atoms with Crippen molar-refractivity contribution in [3.63, 3.8) is 0 Å². The Bertz CT molecular complexity index is 3160. The second kappa shape index (κ2) is 14.6. The maximum Gasteiger partial charge on any atom is 0.0708 e. The molecule has 0 radical (unpaired) electrons. The van der Waals surface area contributed by atoms with Crippen molar-refractivity contribution < 1.29 is 0 Å². The molecule has 5 heterocycles. The first-order chi connectivity index (χ1) is 29.3. The summed E-state index contributed by atoms with van der Waals surface area (Å²) in [7, 11) is 0. The molecule has 3 aliphatic carbocycles. The van der Waals surface area contributed by atoms with E-state index < -0.39 is 0 Å². The molecule has 3 aliphatic rings. The zero-order valence-electron chi connectivity index (χ0n) is 31.7. The van der Waals surface area contributed by atoms with Gasteiger partial charge in [0.2, 0.25) is 0 Å². The fourth-order valence-electron chi connectivity index (χ4n) is 8.17. The number of rotatable bonds is 6. The van der Waals surface area contributed by atoms with Gasteiger partial charge >= 0.3 is 0 Å². The van der Waals surface area contributed by atoms with Crippen LogP contribution in [-0.4, -0.2) is 19.5 Å². The Labute approximate surface area is 345 Å². The van der Waals surface area contributed by atoms with Crippen molar-refractivity contribution in [2.75, 3.05) is 0 Å². The highest BCUT2D eigenvalue weighted by atomic mass is 32.1. The van der Waals surface area contributed by atoms with E-state index in [9.17, 15) is 0 Å². The number of allylic oxidation sites excluding steroid dienone is 6. The van der Waals surface area contributed by atoms with Gasteiger partial charge in [-0.25, -0.2) is 0 Å². The van der Waals surface area contributed by atoms with Crippen molar-refractivity contribution in [2.45, 2.75) is 0 Å². The molecule has 0 saturated carbocycles. The van der Waals surface area contributed by atoms with Crippen LogP contribution in [0.5, 0.6) is 0 Å². The van der Waals surface area contributed by atoms with Crippen LogP contribution >= 0.6 is 11.3 Å². The highest BCUT2D eigenvalue weighted by Crippen LogP contribution is 2.42. The van der Waals surface area contributed by atoms with Gasteiger partial charge in [0.25, 0.3) is 0 Å². The first-order valence-corrected chi connectivity index (χ1v) is 20.3. The monoisotopic (exact) mass is 768 g/mol. The molecule has 3 aromatic carbocycles. The van der Waals surface area contributed by atoms with Crippen LogP contribution in [0.3, 0.4) is 0 Å². The summed E-state index contributed by atoms with van der Waals surface area (Å²) in [5, 5.41) is 1.21. The fraction of sp³-hybridized carbons (Fsp3) is 0. The molecule has 0 unspecified atom stereocenters. The van der Waals surface area contributed by atoms with Crippen molar-refractivity contribution in [1.82, 2.24) is 19.5 Å². The van der Waals surface area contributed by atoms with Crippen molar-refractivity contribution >= 4 is 74.7 Å². The van der Waals surface area contributed by atoms with E-state index in [0.717, 1.165) is 84.1 Å². The maximum absolute atomic E-state index is 4.69. The van der Waals surface area contributed by atoms with E-state index in [2.05, 4.69) is 166 Å². The molecule has 0 atom stereocenters. The molecule has 274 valence electrons. The van der Waals surface area contributed by atoms with E-state index in [1.54, 1.807) is 11.3 Å². The van der Waals surface area contributed by atoms with Crippen LogP contribution in [0.2, 0.25) is 0 Å². The molecule has 11 rings (SSSR count). The van der Waals surface area contributed by atoms with Gasteiger partial charge in [0.05, 0.1) is 28.5 Å². The summed E-state index contributed by atoms with van der Waals surface area (Å²) in [4.78, 5) is 15.0. The SMILES string of the molecule is C1=CC(n2c3c(c4c2C=CC(c2ccccc2-c2ccccn2)=C=C4)C=C=C(c2ccccc2-c2ccccn2)C=C3)=Cc2c(sc3ccc(-c4cccnc4)cc23)C=1. The summed E-state index contributed by atoms with van der Waals surface area (Å²) in [6, 6.07) is 39.7. The first kappa shape index (κ1) is 34.4. The number of nitrogens with zero attached hydrogens (tertiary/aromatic N) is 4. The molecular weight excluding hydrogens is 737 g/mol. The van der Waals surface area contributed by atoms with Gasteiger partial charge in [-0.1, -0.05) is 72.8 Å². The molecule has 8 aromatic rings. The Balaban J connectivity index is 1.11. The molecule has 5 aromatic heterocycles. The summed E-state index contributed by atoms with van der Waals surface area (Å²) in [5.74, 6) is 0. The Hall–Kier alpha value is -7.87. The topological polar surface area (TPSA) is 43.6 Å². The number of hydrogen-bond donors (Lipinski definition) is 0. The zero-order valence-corrected chi connectivity index (χ0v) is 32.5. The van der Waals surface area contributed by atoms with Gasteiger partial charge in [0.1, 0.15) is 0 Å². The minimum Gasteiger partial charge on any atom is -0.309 e. The number of hydrogen-bond acceptors (Lipinski definition) is 4. The molecule has 0 bridgehead atoms. The van der Waals surface area contributed by atoms with E-state index in [1.165, 1.54) is 20.5 Å². The van der Waals surface area contributed by atoms with Crippen LogP contribution < -0.4 is 0 Å². The van der Waals surface area contributed by atoms with Crippen molar-refractivity contribution in [3.8, 4) is 33.6 Å². The second-order valence-electron chi connectivity index (χ2n) is 14.4.